The first kappa shape index (κ1) is 18.7. The Morgan fingerprint density at radius 1 is 1.40 bits per heavy atom. The standard InChI is InChI=1S/C14H22N2O3.ClH/c1-9-5-6-13(19-4)11(7-9)10(2)16-14(17)12(15)8-18-3;/h5-7,10,12H,8,15H2,1-4H3,(H,16,17);1H. The van der Waals surface area contributed by atoms with E-state index in [1.54, 1.807) is 7.11 Å². The zero-order valence-corrected chi connectivity index (χ0v) is 13.1. The zero-order chi connectivity index (χ0) is 14.4. The average Bonchev–Trinajstić information content (AvgIpc) is 2.38. The summed E-state index contributed by atoms with van der Waals surface area (Å²) in [4.78, 5) is 11.8. The van der Waals surface area contributed by atoms with Gasteiger partial charge in [-0.15, -0.1) is 12.4 Å². The topological polar surface area (TPSA) is 73.6 Å². The van der Waals surface area contributed by atoms with Crippen molar-refractivity contribution in [3.05, 3.63) is 29.3 Å². The molecule has 0 heterocycles. The van der Waals surface area contributed by atoms with Gasteiger partial charge in [0.2, 0.25) is 5.91 Å². The van der Waals surface area contributed by atoms with Crippen molar-refractivity contribution in [3.63, 3.8) is 0 Å². The summed E-state index contributed by atoms with van der Waals surface area (Å²) in [5.74, 6) is 0.511. The summed E-state index contributed by atoms with van der Waals surface area (Å²) in [7, 11) is 3.12. The van der Waals surface area contributed by atoms with Crippen LogP contribution in [0.5, 0.6) is 5.75 Å². The first-order valence-corrected chi connectivity index (χ1v) is 6.19. The number of rotatable bonds is 6. The molecule has 5 nitrogen and oxygen atoms in total. The fraction of sp³-hybridized carbons (Fsp3) is 0.500. The molecule has 0 aliphatic heterocycles. The van der Waals surface area contributed by atoms with Crippen molar-refractivity contribution >= 4 is 18.3 Å². The second-order valence-electron chi connectivity index (χ2n) is 4.54. The van der Waals surface area contributed by atoms with E-state index in [-0.39, 0.29) is 31.0 Å². The molecule has 0 aromatic heterocycles. The average molecular weight is 303 g/mol. The van der Waals surface area contributed by atoms with Gasteiger partial charge in [-0.3, -0.25) is 4.79 Å². The Morgan fingerprint density at radius 2 is 2.05 bits per heavy atom. The minimum Gasteiger partial charge on any atom is -0.496 e. The highest BCUT2D eigenvalue weighted by atomic mass is 35.5. The second-order valence-corrected chi connectivity index (χ2v) is 4.54. The fourth-order valence-corrected chi connectivity index (χ4v) is 1.85. The third kappa shape index (κ3) is 5.00. The van der Waals surface area contributed by atoms with Crippen molar-refractivity contribution < 1.29 is 14.3 Å². The van der Waals surface area contributed by atoms with Crippen LogP contribution in [0.15, 0.2) is 18.2 Å². The fourth-order valence-electron chi connectivity index (χ4n) is 1.85. The van der Waals surface area contributed by atoms with E-state index >= 15 is 0 Å². The molecule has 0 saturated heterocycles. The molecule has 6 heteroatoms. The van der Waals surface area contributed by atoms with Gasteiger partial charge < -0.3 is 20.5 Å². The summed E-state index contributed by atoms with van der Waals surface area (Å²) in [6.07, 6.45) is 0. The number of methoxy groups -OCH3 is 2. The third-order valence-electron chi connectivity index (χ3n) is 2.89. The summed E-state index contributed by atoms with van der Waals surface area (Å²) in [5, 5.41) is 2.86. The Hall–Kier alpha value is -1.30. The Bertz CT molecular complexity index is 440. The summed E-state index contributed by atoms with van der Waals surface area (Å²) in [5.41, 5.74) is 7.73. The maximum absolute atomic E-state index is 11.8. The number of hydrogen-bond donors (Lipinski definition) is 2. The lowest BCUT2D eigenvalue weighted by molar-refractivity contribution is -0.124. The molecular formula is C14H23ClN2O3. The van der Waals surface area contributed by atoms with Crippen LogP contribution in [0, 0.1) is 6.92 Å². The van der Waals surface area contributed by atoms with Gasteiger partial charge in [-0.25, -0.2) is 0 Å². The molecule has 0 bridgehead atoms. The Kier molecular flexibility index (Phi) is 8.22. The van der Waals surface area contributed by atoms with Gasteiger partial charge in [0.15, 0.2) is 0 Å². The summed E-state index contributed by atoms with van der Waals surface area (Å²) < 4.78 is 10.2. The lowest BCUT2D eigenvalue weighted by atomic mass is 10.0. The first-order chi connectivity index (χ1) is 8.99. The maximum atomic E-state index is 11.8. The Balaban J connectivity index is 0.00000361. The molecule has 114 valence electrons. The van der Waals surface area contributed by atoms with E-state index in [0.717, 1.165) is 16.9 Å². The van der Waals surface area contributed by atoms with E-state index in [0.29, 0.717) is 0 Å². The minimum atomic E-state index is -0.664. The summed E-state index contributed by atoms with van der Waals surface area (Å²) >= 11 is 0. The highest BCUT2D eigenvalue weighted by molar-refractivity contribution is 5.85. The van der Waals surface area contributed by atoms with Crippen molar-refractivity contribution in [2.24, 2.45) is 5.73 Å². The van der Waals surface area contributed by atoms with Crippen LogP contribution in [0.2, 0.25) is 0 Å². The molecule has 0 fully saturated rings. The highest BCUT2D eigenvalue weighted by Crippen LogP contribution is 2.25. The molecule has 1 aromatic rings. The number of carbonyl (C=O) groups excluding carboxylic acids is 1. The van der Waals surface area contributed by atoms with E-state index in [1.165, 1.54) is 7.11 Å². The number of nitrogens with two attached hydrogens (primary N) is 1. The van der Waals surface area contributed by atoms with Gasteiger partial charge in [0, 0.05) is 12.7 Å². The van der Waals surface area contributed by atoms with Crippen LogP contribution in [-0.4, -0.2) is 32.8 Å². The molecule has 0 saturated carbocycles. The number of hydrogen-bond acceptors (Lipinski definition) is 4. The van der Waals surface area contributed by atoms with Gasteiger partial charge in [-0.2, -0.15) is 0 Å². The van der Waals surface area contributed by atoms with Crippen LogP contribution in [0.3, 0.4) is 0 Å². The van der Waals surface area contributed by atoms with Crippen LogP contribution in [-0.2, 0) is 9.53 Å². The van der Waals surface area contributed by atoms with Crippen molar-refractivity contribution in [3.8, 4) is 5.75 Å². The molecule has 2 atom stereocenters. The largest absolute Gasteiger partial charge is 0.496 e. The van der Waals surface area contributed by atoms with E-state index in [2.05, 4.69) is 5.32 Å². The van der Waals surface area contributed by atoms with Crippen LogP contribution < -0.4 is 15.8 Å². The second kappa shape index (κ2) is 8.79. The molecule has 1 amide bonds. The molecule has 0 aliphatic carbocycles. The van der Waals surface area contributed by atoms with E-state index in [9.17, 15) is 4.79 Å². The summed E-state index contributed by atoms with van der Waals surface area (Å²) in [6, 6.07) is 5.01. The van der Waals surface area contributed by atoms with Crippen LogP contribution in [0.1, 0.15) is 24.1 Å². The number of halogens is 1. The van der Waals surface area contributed by atoms with Crippen molar-refractivity contribution in [1.82, 2.24) is 5.32 Å². The molecule has 2 unspecified atom stereocenters. The lowest BCUT2D eigenvalue weighted by Gasteiger charge is -2.20. The lowest BCUT2D eigenvalue weighted by Crippen LogP contribution is -2.44. The minimum absolute atomic E-state index is 0. The number of carbonyl (C=O) groups is 1. The third-order valence-corrected chi connectivity index (χ3v) is 2.89. The summed E-state index contributed by atoms with van der Waals surface area (Å²) in [6.45, 7) is 4.09. The predicted molar refractivity (Wildman–Crippen MR) is 81.4 cm³/mol. The van der Waals surface area contributed by atoms with Gasteiger partial charge in [0.25, 0.3) is 0 Å². The van der Waals surface area contributed by atoms with E-state index < -0.39 is 6.04 Å². The van der Waals surface area contributed by atoms with Crippen LogP contribution in [0.4, 0.5) is 0 Å². The highest BCUT2D eigenvalue weighted by Gasteiger charge is 2.18. The predicted octanol–water partition coefficient (Wildman–Crippen LogP) is 1.58. The number of benzene rings is 1. The molecular weight excluding hydrogens is 280 g/mol. The van der Waals surface area contributed by atoms with Crippen molar-refractivity contribution in [2.75, 3.05) is 20.8 Å². The first-order valence-electron chi connectivity index (χ1n) is 6.19. The smallest absolute Gasteiger partial charge is 0.239 e. The Labute approximate surface area is 126 Å². The number of nitrogens with one attached hydrogen (secondary N) is 1. The SMILES string of the molecule is COCC(N)C(=O)NC(C)c1cc(C)ccc1OC.Cl. The number of aryl methyl sites for hydroxylation is 1. The molecule has 3 N–H and O–H groups in total. The van der Waals surface area contributed by atoms with Crippen LogP contribution >= 0.6 is 12.4 Å². The molecule has 0 spiro atoms. The molecule has 1 aromatic carbocycles. The van der Waals surface area contributed by atoms with E-state index in [4.69, 9.17) is 15.2 Å². The van der Waals surface area contributed by atoms with Gasteiger partial charge in [-0.1, -0.05) is 17.7 Å². The normalized spacial score (nSPS) is 13.1. The van der Waals surface area contributed by atoms with Crippen LogP contribution in [0.25, 0.3) is 0 Å². The molecule has 20 heavy (non-hydrogen) atoms. The van der Waals surface area contributed by atoms with Crippen molar-refractivity contribution in [2.45, 2.75) is 25.9 Å². The molecule has 1 rings (SSSR count). The van der Waals surface area contributed by atoms with Gasteiger partial charge in [-0.05, 0) is 19.9 Å². The molecule has 0 aliphatic rings. The van der Waals surface area contributed by atoms with Crippen molar-refractivity contribution in [1.29, 1.82) is 0 Å². The quantitative estimate of drug-likeness (QED) is 0.837. The zero-order valence-electron chi connectivity index (χ0n) is 12.3. The van der Waals surface area contributed by atoms with Gasteiger partial charge in [0.05, 0.1) is 19.8 Å². The van der Waals surface area contributed by atoms with Gasteiger partial charge in [0.1, 0.15) is 11.8 Å². The monoisotopic (exact) mass is 302 g/mol. The number of ether oxygens (including phenoxy) is 2. The molecule has 0 radical (unpaired) electrons. The Morgan fingerprint density at radius 3 is 2.60 bits per heavy atom. The van der Waals surface area contributed by atoms with E-state index in [1.807, 2.05) is 32.0 Å². The van der Waals surface area contributed by atoms with Gasteiger partial charge >= 0.3 is 0 Å². The maximum Gasteiger partial charge on any atom is 0.239 e. The number of amides is 1.